The molecule has 0 aliphatic carbocycles. The third-order valence-corrected chi connectivity index (χ3v) is 7.15. The summed E-state index contributed by atoms with van der Waals surface area (Å²) in [5.74, 6) is -1.24. The number of ether oxygens (including phenoxy) is 2. The number of carbonyl (C=O) groups is 3. The van der Waals surface area contributed by atoms with Gasteiger partial charge in [-0.25, -0.2) is 9.59 Å². The fourth-order valence-electron chi connectivity index (χ4n) is 4.46. The number of carboxylic acids is 1. The van der Waals surface area contributed by atoms with Crippen LogP contribution in [-0.4, -0.2) is 58.9 Å². The lowest BCUT2D eigenvalue weighted by atomic mass is 9.82. The average Bonchev–Trinajstić information content (AvgIpc) is 3.26. The molecule has 0 unspecified atom stereocenters. The minimum absolute atomic E-state index is 0.0184. The summed E-state index contributed by atoms with van der Waals surface area (Å²) in [6, 6.07) is 11.4. The number of likely N-dealkylation sites (tertiary alicyclic amines) is 1. The molecule has 0 bridgehead atoms. The lowest BCUT2D eigenvalue weighted by molar-refractivity contribution is -0.152. The maximum absolute atomic E-state index is 13.6. The normalized spacial score (nSPS) is 17.8. The first-order valence-electron chi connectivity index (χ1n) is 12.0. The highest BCUT2D eigenvalue weighted by Gasteiger charge is 2.42. The number of aryl methyl sites for hydroxylation is 2. The molecule has 0 saturated carbocycles. The first-order valence-corrected chi connectivity index (χ1v) is 13.2. The molecule has 1 fully saturated rings. The van der Waals surface area contributed by atoms with E-state index in [2.05, 4.69) is 0 Å². The van der Waals surface area contributed by atoms with Crippen LogP contribution in [0.3, 0.4) is 0 Å². The quantitative estimate of drug-likeness (QED) is 0.357. The zero-order valence-corrected chi connectivity index (χ0v) is 22.8. The molecule has 1 amide bonds. The van der Waals surface area contributed by atoms with Crippen LogP contribution >= 0.6 is 11.8 Å². The molecule has 1 aliphatic rings. The van der Waals surface area contributed by atoms with E-state index in [0.717, 1.165) is 21.6 Å². The average molecular weight is 514 g/mol. The SMILES string of the molecule is CSc1ccc(C(=O)[C@H]2CN(C(=O)OC(C)C)C[C@@H]2c2cc(C)c(OC(C)(C)C(=O)O)c(C)c2)cc1. The van der Waals surface area contributed by atoms with E-state index in [4.69, 9.17) is 9.47 Å². The number of hydrogen-bond acceptors (Lipinski definition) is 6. The number of hydrogen-bond donors (Lipinski definition) is 1. The molecule has 36 heavy (non-hydrogen) atoms. The van der Waals surface area contributed by atoms with Crippen LogP contribution in [-0.2, 0) is 9.53 Å². The molecular formula is C28H35NO6S. The number of aliphatic carboxylic acids is 1. The number of nitrogens with zero attached hydrogens (tertiary/aromatic N) is 1. The smallest absolute Gasteiger partial charge is 0.410 e. The fraction of sp³-hybridized carbons (Fsp3) is 0.464. The van der Waals surface area contributed by atoms with Gasteiger partial charge in [-0.2, -0.15) is 0 Å². The summed E-state index contributed by atoms with van der Waals surface area (Å²) >= 11 is 1.61. The number of ketones is 1. The van der Waals surface area contributed by atoms with Gasteiger partial charge in [0.25, 0.3) is 0 Å². The monoisotopic (exact) mass is 513 g/mol. The highest BCUT2D eigenvalue weighted by molar-refractivity contribution is 7.98. The maximum Gasteiger partial charge on any atom is 0.410 e. The molecule has 0 spiro atoms. The van der Waals surface area contributed by atoms with Crippen molar-refractivity contribution in [2.24, 2.45) is 5.92 Å². The van der Waals surface area contributed by atoms with Crippen molar-refractivity contribution in [3.05, 3.63) is 58.7 Å². The molecular weight excluding hydrogens is 478 g/mol. The van der Waals surface area contributed by atoms with Crippen LogP contribution in [0.25, 0.3) is 0 Å². The van der Waals surface area contributed by atoms with Crippen LogP contribution in [0.5, 0.6) is 5.75 Å². The Balaban J connectivity index is 1.98. The number of amides is 1. The Morgan fingerprint density at radius 2 is 1.64 bits per heavy atom. The molecule has 194 valence electrons. The number of thioether (sulfide) groups is 1. The maximum atomic E-state index is 13.6. The third-order valence-electron chi connectivity index (χ3n) is 6.41. The number of benzene rings is 2. The Labute approximate surface area is 217 Å². The minimum Gasteiger partial charge on any atom is -0.478 e. The van der Waals surface area contributed by atoms with Gasteiger partial charge in [0.05, 0.1) is 6.10 Å². The van der Waals surface area contributed by atoms with Gasteiger partial charge in [-0.05, 0) is 76.6 Å². The summed E-state index contributed by atoms with van der Waals surface area (Å²) in [6.07, 6.45) is 1.29. The van der Waals surface area contributed by atoms with Gasteiger partial charge >= 0.3 is 12.1 Å². The number of carboxylic acid groups (broad SMARTS) is 1. The Morgan fingerprint density at radius 3 is 2.14 bits per heavy atom. The van der Waals surface area contributed by atoms with Crippen molar-refractivity contribution < 1.29 is 29.0 Å². The predicted molar refractivity (Wildman–Crippen MR) is 140 cm³/mol. The largest absolute Gasteiger partial charge is 0.478 e. The van der Waals surface area contributed by atoms with Gasteiger partial charge < -0.3 is 19.5 Å². The van der Waals surface area contributed by atoms with Gasteiger partial charge in [0.1, 0.15) is 5.75 Å². The van der Waals surface area contributed by atoms with Crippen LogP contribution in [0.4, 0.5) is 4.79 Å². The van der Waals surface area contributed by atoms with E-state index >= 15 is 0 Å². The van der Waals surface area contributed by atoms with E-state index in [1.165, 1.54) is 13.8 Å². The van der Waals surface area contributed by atoms with E-state index in [1.807, 2.05) is 56.5 Å². The minimum atomic E-state index is -1.39. The van der Waals surface area contributed by atoms with Crippen LogP contribution < -0.4 is 4.74 Å². The molecule has 1 aliphatic heterocycles. The Kier molecular flexibility index (Phi) is 8.39. The molecule has 2 atom stereocenters. The summed E-state index contributed by atoms with van der Waals surface area (Å²) in [6.45, 7) is 11.0. The van der Waals surface area contributed by atoms with Crippen molar-refractivity contribution >= 4 is 29.6 Å². The summed E-state index contributed by atoms with van der Waals surface area (Å²) in [5, 5.41) is 9.48. The highest BCUT2D eigenvalue weighted by atomic mass is 32.2. The van der Waals surface area contributed by atoms with Crippen LogP contribution in [0.2, 0.25) is 0 Å². The first-order chi connectivity index (χ1) is 16.8. The lowest BCUT2D eigenvalue weighted by Crippen LogP contribution is -2.38. The summed E-state index contributed by atoms with van der Waals surface area (Å²) < 4.78 is 11.3. The topological polar surface area (TPSA) is 93.1 Å². The first kappa shape index (κ1) is 27.6. The van der Waals surface area contributed by atoms with E-state index in [0.29, 0.717) is 17.9 Å². The van der Waals surface area contributed by atoms with Gasteiger partial charge in [0.2, 0.25) is 0 Å². The Bertz CT molecular complexity index is 1120. The van der Waals surface area contributed by atoms with Crippen molar-refractivity contribution in [3.63, 3.8) is 0 Å². The number of Topliss-reactive ketones (excluding diaryl/α,β-unsaturated/α-hetero) is 1. The second-order valence-electron chi connectivity index (χ2n) is 10.0. The molecule has 7 nitrogen and oxygen atoms in total. The molecule has 1 heterocycles. The third kappa shape index (κ3) is 6.03. The van der Waals surface area contributed by atoms with E-state index < -0.39 is 23.6 Å². The van der Waals surface area contributed by atoms with E-state index in [-0.39, 0.29) is 24.3 Å². The molecule has 3 rings (SSSR count). The summed E-state index contributed by atoms with van der Waals surface area (Å²) in [7, 11) is 0. The second-order valence-corrected chi connectivity index (χ2v) is 10.9. The van der Waals surface area contributed by atoms with E-state index in [1.54, 1.807) is 30.5 Å². The van der Waals surface area contributed by atoms with Crippen LogP contribution in [0.15, 0.2) is 41.3 Å². The number of carbonyl (C=O) groups excluding carboxylic acids is 2. The molecule has 1 N–H and O–H groups in total. The second kappa shape index (κ2) is 10.9. The molecule has 2 aromatic carbocycles. The standard InChI is InChI=1S/C28H35NO6S/c1-16(2)34-27(33)29-14-22(23(15-29)24(30)19-8-10-21(36-7)11-9-19)20-12-17(3)25(18(4)13-20)35-28(5,6)26(31)32/h8-13,16,22-23H,14-15H2,1-7H3,(H,31,32)/t22-,23+/m1/s1. The zero-order chi connectivity index (χ0) is 26.8. The van der Waals surface area contributed by atoms with Gasteiger partial charge in [-0.1, -0.05) is 24.3 Å². The highest BCUT2D eigenvalue weighted by Crippen LogP contribution is 2.39. The lowest BCUT2D eigenvalue weighted by Gasteiger charge is -2.26. The zero-order valence-electron chi connectivity index (χ0n) is 22.0. The van der Waals surface area contributed by atoms with Gasteiger partial charge in [0.15, 0.2) is 11.4 Å². The van der Waals surface area contributed by atoms with Gasteiger partial charge in [0, 0.05) is 35.4 Å². The van der Waals surface area contributed by atoms with Crippen LogP contribution in [0, 0.1) is 19.8 Å². The molecule has 1 saturated heterocycles. The van der Waals surface area contributed by atoms with Crippen molar-refractivity contribution in [2.75, 3.05) is 19.3 Å². The Morgan fingerprint density at radius 1 is 1.06 bits per heavy atom. The van der Waals surface area contributed by atoms with Crippen molar-refractivity contribution in [3.8, 4) is 5.75 Å². The van der Waals surface area contributed by atoms with Gasteiger partial charge in [-0.3, -0.25) is 4.79 Å². The van der Waals surface area contributed by atoms with Crippen molar-refractivity contribution in [1.82, 2.24) is 4.90 Å². The number of rotatable bonds is 8. The molecule has 0 radical (unpaired) electrons. The van der Waals surface area contributed by atoms with Crippen LogP contribution in [0.1, 0.15) is 60.7 Å². The van der Waals surface area contributed by atoms with E-state index in [9.17, 15) is 19.5 Å². The van der Waals surface area contributed by atoms with Crippen molar-refractivity contribution in [2.45, 2.75) is 64.1 Å². The summed E-state index contributed by atoms with van der Waals surface area (Å²) in [4.78, 5) is 40.6. The van der Waals surface area contributed by atoms with Gasteiger partial charge in [-0.15, -0.1) is 11.8 Å². The molecule has 2 aromatic rings. The predicted octanol–water partition coefficient (Wildman–Crippen LogP) is 5.71. The molecule has 0 aromatic heterocycles. The fourth-order valence-corrected chi connectivity index (χ4v) is 4.87. The summed E-state index contributed by atoms with van der Waals surface area (Å²) in [5.41, 5.74) is 1.68. The Hall–Kier alpha value is -3.00. The molecule has 8 heteroatoms. The van der Waals surface area contributed by atoms with Crippen molar-refractivity contribution in [1.29, 1.82) is 0 Å².